The predicted molar refractivity (Wildman–Crippen MR) is 88.9 cm³/mol. The van der Waals surface area contributed by atoms with Crippen molar-refractivity contribution in [2.45, 2.75) is 6.42 Å². The maximum atomic E-state index is 11.9. The van der Waals surface area contributed by atoms with E-state index in [9.17, 15) is 9.59 Å². The van der Waals surface area contributed by atoms with Gasteiger partial charge in [-0.25, -0.2) is 0 Å². The minimum absolute atomic E-state index is 0.0291. The highest BCUT2D eigenvalue weighted by Crippen LogP contribution is 2.34. The summed E-state index contributed by atoms with van der Waals surface area (Å²) in [5.41, 5.74) is 1.24. The Hall–Kier alpha value is -3.22. The molecule has 2 aromatic carbocycles. The van der Waals surface area contributed by atoms with E-state index in [4.69, 9.17) is 18.9 Å². The monoisotopic (exact) mass is 343 g/mol. The molecule has 1 aliphatic rings. The lowest BCUT2D eigenvalue weighted by Gasteiger charge is -2.09. The minimum atomic E-state index is -0.509. The zero-order valence-corrected chi connectivity index (χ0v) is 13.6. The lowest BCUT2D eigenvalue weighted by atomic mass is 10.1. The van der Waals surface area contributed by atoms with Gasteiger partial charge in [-0.15, -0.1) is 0 Å². The van der Waals surface area contributed by atoms with Crippen molar-refractivity contribution < 1.29 is 28.5 Å². The van der Waals surface area contributed by atoms with Crippen LogP contribution >= 0.6 is 0 Å². The second-order valence-corrected chi connectivity index (χ2v) is 5.27. The van der Waals surface area contributed by atoms with E-state index in [0.717, 1.165) is 0 Å². The summed E-state index contributed by atoms with van der Waals surface area (Å²) in [6.07, 6.45) is 0.0291. The SMILES string of the molecule is COc1ccccc1CC(=O)OCC(=O)Nc1ccc2c(c1)OCO2. The largest absolute Gasteiger partial charge is 0.496 e. The van der Waals surface area contributed by atoms with Gasteiger partial charge in [0.1, 0.15) is 5.75 Å². The van der Waals surface area contributed by atoms with Crippen molar-refractivity contribution in [2.75, 3.05) is 25.8 Å². The van der Waals surface area contributed by atoms with Crippen LogP contribution in [0.1, 0.15) is 5.56 Å². The molecule has 0 saturated heterocycles. The van der Waals surface area contributed by atoms with E-state index in [0.29, 0.717) is 28.5 Å². The average molecular weight is 343 g/mol. The van der Waals surface area contributed by atoms with E-state index >= 15 is 0 Å². The van der Waals surface area contributed by atoms with Gasteiger partial charge in [-0.1, -0.05) is 18.2 Å². The van der Waals surface area contributed by atoms with Crippen LogP contribution in [0.5, 0.6) is 17.2 Å². The molecule has 1 heterocycles. The molecular weight excluding hydrogens is 326 g/mol. The molecule has 7 heteroatoms. The fraction of sp³-hybridized carbons (Fsp3) is 0.222. The number of hydrogen-bond donors (Lipinski definition) is 1. The zero-order valence-electron chi connectivity index (χ0n) is 13.6. The minimum Gasteiger partial charge on any atom is -0.496 e. The maximum Gasteiger partial charge on any atom is 0.310 e. The van der Waals surface area contributed by atoms with Gasteiger partial charge < -0.3 is 24.3 Å². The Kier molecular flexibility index (Phi) is 5.03. The third-order valence-corrected chi connectivity index (χ3v) is 3.55. The van der Waals surface area contributed by atoms with E-state index in [-0.39, 0.29) is 19.8 Å². The molecule has 0 fully saturated rings. The number of hydrogen-bond acceptors (Lipinski definition) is 6. The van der Waals surface area contributed by atoms with Gasteiger partial charge in [0.05, 0.1) is 13.5 Å². The van der Waals surface area contributed by atoms with Gasteiger partial charge in [0.15, 0.2) is 18.1 Å². The number of nitrogens with one attached hydrogen (secondary N) is 1. The van der Waals surface area contributed by atoms with Crippen LogP contribution in [0.2, 0.25) is 0 Å². The number of esters is 1. The Morgan fingerprint density at radius 1 is 1.12 bits per heavy atom. The molecule has 0 bridgehead atoms. The first-order valence-electron chi connectivity index (χ1n) is 7.63. The number of carbonyl (C=O) groups is 2. The summed E-state index contributed by atoms with van der Waals surface area (Å²) in [6.45, 7) is -0.213. The molecule has 0 atom stereocenters. The first kappa shape index (κ1) is 16.6. The smallest absolute Gasteiger partial charge is 0.310 e. The third kappa shape index (κ3) is 4.20. The van der Waals surface area contributed by atoms with Gasteiger partial charge in [-0.3, -0.25) is 9.59 Å². The number of para-hydroxylation sites is 1. The van der Waals surface area contributed by atoms with Gasteiger partial charge >= 0.3 is 5.97 Å². The van der Waals surface area contributed by atoms with Gasteiger partial charge in [-0.2, -0.15) is 0 Å². The van der Waals surface area contributed by atoms with Crippen molar-refractivity contribution in [3.63, 3.8) is 0 Å². The Morgan fingerprint density at radius 3 is 2.76 bits per heavy atom. The molecule has 25 heavy (non-hydrogen) atoms. The van der Waals surface area contributed by atoms with Crippen LogP contribution in [0, 0.1) is 0 Å². The lowest BCUT2D eigenvalue weighted by Crippen LogP contribution is -2.21. The molecule has 7 nitrogen and oxygen atoms in total. The molecule has 0 saturated carbocycles. The highest BCUT2D eigenvalue weighted by Gasteiger charge is 2.15. The quantitative estimate of drug-likeness (QED) is 0.809. The van der Waals surface area contributed by atoms with Crippen molar-refractivity contribution in [1.82, 2.24) is 0 Å². The van der Waals surface area contributed by atoms with E-state index in [1.54, 1.807) is 36.4 Å². The number of anilines is 1. The average Bonchev–Trinajstić information content (AvgIpc) is 3.08. The molecule has 3 rings (SSSR count). The number of rotatable bonds is 6. The zero-order chi connectivity index (χ0) is 17.6. The molecule has 0 aliphatic carbocycles. The summed E-state index contributed by atoms with van der Waals surface area (Å²) in [6, 6.07) is 12.2. The molecule has 1 N–H and O–H groups in total. The summed E-state index contributed by atoms with van der Waals surface area (Å²) in [4.78, 5) is 23.8. The summed E-state index contributed by atoms with van der Waals surface area (Å²) in [7, 11) is 1.53. The highest BCUT2D eigenvalue weighted by atomic mass is 16.7. The van der Waals surface area contributed by atoms with Gasteiger partial charge in [0.25, 0.3) is 5.91 Å². The molecule has 1 amide bonds. The van der Waals surface area contributed by atoms with Gasteiger partial charge in [0, 0.05) is 17.3 Å². The lowest BCUT2D eigenvalue weighted by molar-refractivity contribution is -0.146. The van der Waals surface area contributed by atoms with Crippen LogP contribution in [0.3, 0.4) is 0 Å². The third-order valence-electron chi connectivity index (χ3n) is 3.55. The van der Waals surface area contributed by atoms with Crippen LogP contribution in [0.4, 0.5) is 5.69 Å². The normalized spacial score (nSPS) is 11.7. The van der Waals surface area contributed by atoms with Crippen molar-refractivity contribution in [2.24, 2.45) is 0 Å². The number of carbonyl (C=O) groups excluding carboxylic acids is 2. The molecule has 0 spiro atoms. The summed E-state index contributed by atoms with van der Waals surface area (Å²) < 4.78 is 20.6. The topological polar surface area (TPSA) is 83.1 Å². The Bertz CT molecular complexity index is 789. The summed E-state index contributed by atoms with van der Waals surface area (Å²) >= 11 is 0. The number of methoxy groups -OCH3 is 1. The predicted octanol–water partition coefficient (Wildman–Crippen LogP) is 2.15. The number of benzene rings is 2. The van der Waals surface area contributed by atoms with Gasteiger partial charge in [-0.05, 0) is 18.2 Å². The van der Waals surface area contributed by atoms with Crippen LogP contribution in [0.25, 0.3) is 0 Å². The van der Waals surface area contributed by atoms with Crippen molar-refractivity contribution >= 4 is 17.6 Å². The van der Waals surface area contributed by atoms with Crippen LogP contribution in [0.15, 0.2) is 42.5 Å². The Balaban J connectivity index is 1.49. The second-order valence-electron chi connectivity index (χ2n) is 5.27. The summed E-state index contributed by atoms with van der Waals surface area (Å²) in [5, 5.41) is 2.64. The van der Waals surface area contributed by atoms with Crippen LogP contribution < -0.4 is 19.5 Å². The van der Waals surface area contributed by atoms with Crippen molar-refractivity contribution in [3.8, 4) is 17.2 Å². The Morgan fingerprint density at radius 2 is 1.92 bits per heavy atom. The first-order chi connectivity index (χ1) is 12.2. The molecule has 0 unspecified atom stereocenters. The van der Waals surface area contributed by atoms with E-state index in [2.05, 4.69) is 5.32 Å². The second kappa shape index (κ2) is 7.57. The molecular formula is C18H17NO6. The molecule has 2 aromatic rings. The number of ether oxygens (including phenoxy) is 4. The molecule has 0 radical (unpaired) electrons. The highest BCUT2D eigenvalue weighted by molar-refractivity contribution is 5.93. The molecule has 130 valence electrons. The fourth-order valence-electron chi connectivity index (χ4n) is 2.37. The van der Waals surface area contributed by atoms with E-state index < -0.39 is 11.9 Å². The van der Waals surface area contributed by atoms with Crippen LogP contribution in [-0.2, 0) is 20.7 Å². The van der Waals surface area contributed by atoms with Crippen molar-refractivity contribution in [3.05, 3.63) is 48.0 Å². The van der Waals surface area contributed by atoms with Crippen LogP contribution in [-0.4, -0.2) is 32.4 Å². The fourth-order valence-corrected chi connectivity index (χ4v) is 2.37. The molecule has 0 aromatic heterocycles. The van der Waals surface area contributed by atoms with E-state index in [1.165, 1.54) is 7.11 Å². The number of fused-ring (bicyclic) bond motifs is 1. The standard InChI is InChI=1S/C18H17NO6/c1-22-14-5-3-2-4-12(14)8-18(21)23-10-17(20)19-13-6-7-15-16(9-13)25-11-24-15/h2-7,9H,8,10-11H2,1H3,(H,19,20). The van der Waals surface area contributed by atoms with E-state index in [1.807, 2.05) is 6.07 Å². The van der Waals surface area contributed by atoms with Gasteiger partial charge in [0.2, 0.25) is 6.79 Å². The summed E-state index contributed by atoms with van der Waals surface area (Å²) in [5.74, 6) is 0.842. The first-order valence-corrected chi connectivity index (χ1v) is 7.63. The van der Waals surface area contributed by atoms with Crippen molar-refractivity contribution in [1.29, 1.82) is 0 Å². The number of amides is 1. The Labute approximate surface area is 144 Å². The maximum absolute atomic E-state index is 11.9. The molecule has 1 aliphatic heterocycles.